The standard InChI is InChI=1S/C32H46Cl2N4O8S/c1-6-32(3,22(2)38(40)41)12-11-30(39)35-13-15-44-17-18-45-16-14-36-47(42,43)25-9-7-24(8-10-25)46-31-27-19-23(33)20-28(34)26(27)21-29(31)37(4)5/h7-10,19-20,22,29,31,36H,6,11-18,21H2,1-5H3,(H,35,39)/t22?,29-,31-,32?/m1/s1. The zero-order valence-electron chi connectivity index (χ0n) is 27.6. The van der Waals surface area contributed by atoms with E-state index in [0.29, 0.717) is 41.6 Å². The summed E-state index contributed by atoms with van der Waals surface area (Å²) >= 11 is 12.7. The Bertz CT molecular complexity index is 1460. The molecule has 0 aromatic heterocycles. The van der Waals surface area contributed by atoms with E-state index in [1.165, 1.54) is 12.1 Å². The van der Waals surface area contributed by atoms with Gasteiger partial charge < -0.3 is 24.4 Å². The van der Waals surface area contributed by atoms with E-state index >= 15 is 0 Å². The lowest BCUT2D eigenvalue weighted by Gasteiger charge is -2.28. The Labute approximate surface area is 287 Å². The molecular weight excluding hydrogens is 671 g/mol. The van der Waals surface area contributed by atoms with E-state index in [-0.39, 0.29) is 67.3 Å². The third-order valence-electron chi connectivity index (χ3n) is 8.86. The van der Waals surface area contributed by atoms with E-state index in [0.717, 1.165) is 11.1 Å². The molecule has 2 aromatic rings. The van der Waals surface area contributed by atoms with Crippen molar-refractivity contribution < 1.29 is 32.3 Å². The van der Waals surface area contributed by atoms with E-state index in [9.17, 15) is 23.3 Å². The molecule has 47 heavy (non-hydrogen) atoms. The van der Waals surface area contributed by atoms with Crippen LogP contribution >= 0.6 is 23.2 Å². The third-order valence-corrected chi connectivity index (χ3v) is 10.9. The van der Waals surface area contributed by atoms with Gasteiger partial charge in [0.2, 0.25) is 22.0 Å². The van der Waals surface area contributed by atoms with Gasteiger partial charge in [-0.05, 0) is 75.3 Å². The van der Waals surface area contributed by atoms with Gasteiger partial charge in [-0.3, -0.25) is 14.9 Å². The van der Waals surface area contributed by atoms with Crippen molar-refractivity contribution in [2.24, 2.45) is 5.41 Å². The average molecular weight is 718 g/mol. The van der Waals surface area contributed by atoms with E-state index in [1.54, 1.807) is 25.1 Å². The van der Waals surface area contributed by atoms with E-state index in [4.69, 9.17) is 37.4 Å². The predicted octanol–water partition coefficient (Wildman–Crippen LogP) is 4.89. The van der Waals surface area contributed by atoms with Crippen LogP contribution < -0.4 is 14.8 Å². The largest absolute Gasteiger partial charge is 0.484 e. The summed E-state index contributed by atoms with van der Waals surface area (Å²) in [5.74, 6) is 0.345. The predicted molar refractivity (Wildman–Crippen MR) is 181 cm³/mol. The quantitative estimate of drug-likeness (QED) is 0.111. The molecule has 2 unspecified atom stereocenters. The molecule has 0 radical (unpaired) electrons. The summed E-state index contributed by atoms with van der Waals surface area (Å²) < 4.78 is 45.3. The van der Waals surface area contributed by atoms with Crippen molar-refractivity contribution in [1.82, 2.24) is 14.9 Å². The highest BCUT2D eigenvalue weighted by Crippen LogP contribution is 2.42. The van der Waals surface area contributed by atoms with Gasteiger partial charge in [0, 0.05) is 52.4 Å². The van der Waals surface area contributed by atoms with Gasteiger partial charge in [-0.1, -0.05) is 37.0 Å². The average Bonchev–Trinajstić information content (AvgIpc) is 3.39. The first kappa shape index (κ1) is 38.9. The van der Waals surface area contributed by atoms with Crippen LogP contribution in [-0.2, 0) is 30.7 Å². The van der Waals surface area contributed by atoms with E-state index in [2.05, 4.69) is 14.9 Å². The Morgan fingerprint density at radius 2 is 1.74 bits per heavy atom. The van der Waals surface area contributed by atoms with Gasteiger partial charge in [0.1, 0.15) is 11.9 Å². The normalized spacial score (nSPS) is 18.0. The maximum atomic E-state index is 12.8. The zero-order valence-corrected chi connectivity index (χ0v) is 29.9. The summed E-state index contributed by atoms with van der Waals surface area (Å²) in [6.07, 6.45) is 1.63. The van der Waals surface area contributed by atoms with Crippen LogP contribution in [0.2, 0.25) is 10.0 Å². The summed E-state index contributed by atoms with van der Waals surface area (Å²) in [7, 11) is 0.185. The Balaban J connectivity index is 1.33. The molecule has 0 aliphatic heterocycles. The number of carbonyl (C=O) groups is 1. The van der Waals surface area contributed by atoms with Gasteiger partial charge in [-0.25, -0.2) is 13.1 Å². The topological polar surface area (TPSA) is 149 Å². The second-order valence-electron chi connectivity index (χ2n) is 12.1. The first-order valence-electron chi connectivity index (χ1n) is 15.6. The number of likely N-dealkylation sites (N-methyl/N-ethyl adjacent to an activating group) is 1. The molecule has 4 atom stereocenters. The summed E-state index contributed by atoms with van der Waals surface area (Å²) in [5, 5.41) is 15.1. The molecule has 15 heteroatoms. The van der Waals surface area contributed by atoms with Crippen LogP contribution in [0.25, 0.3) is 0 Å². The number of nitro groups is 1. The molecule has 262 valence electrons. The highest BCUT2D eigenvalue weighted by atomic mass is 35.5. The van der Waals surface area contributed by atoms with Crippen molar-refractivity contribution in [3.63, 3.8) is 0 Å². The minimum atomic E-state index is -3.76. The lowest BCUT2D eigenvalue weighted by atomic mass is 9.77. The number of nitrogens with one attached hydrogen (secondary N) is 2. The molecule has 0 bridgehead atoms. The molecule has 0 heterocycles. The summed E-state index contributed by atoms with van der Waals surface area (Å²) in [4.78, 5) is 25.2. The second-order valence-corrected chi connectivity index (χ2v) is 14.8. The van der Waals surface area contributed by atoms with Crippen LogP contribution in [0.3, 0.4) is 0 Å². The Kier molecular flexibility index (Phi) is 14.7. The van der Waals surface area contributed by atoms with Gasteiger partial charge in [-0.15, -0.1) is 0 Å². The fraction of sp³-hybridized carbons (Fsp3) is 0.594. The number of amides is 1. The minimum Gasteiger partial charge on any atom is -0.484 e. The first-order valence-corrected chi connectivity index (χ1v) is 17.9. The summed E-state index contributed by atoms with van der Waals surface area (Å²) in [6, 6.07) is 9.13. The van der Waals surface area contributed by atoms with Crippen LogP contribution in [0.1, 0.15) is 57.3 Å². The molecule has 0 fully saturated rings. The fourth-order valence-electron chi connectivity index (χ4n) is 5.39. The zero-order chi connectivity index (χ0) is 34.8. The number of benzene rings is 2. The van der Waals surface area contributed by atoms with Crippen molar-refractivity contribution >= 4 is 39.1 Å². The Morgan fingerprint density at radius 3 is 2.34 bits per heavy atom. The number of carbonyl (C=O) groups excluding carboxylic acids is 1. The van der Waals surface area contributed by atoms with Crippen LogP contribution in [0, 0.1) is 15.5 Å². The number of halogens is 2. The SMILES string of the molecule is CCC(C)(CCC(=O)NCCOCCOCCNS(=O)(=O)c1ccc(O[C@@H]2c3cc(Cl)cc(Cl)c3C[C@H]2N(C)C)cc1)C(C)[N+](=O)[O-]. The first-order chi connectivity index (χ1) is 22.2. The summed E-state index contributed by atoms with van der Waals surface area (Å²) in [5.41, 5.74) is 1.37. The van der Waals surface area contributed by atoms with Crippen LogP contribution in [-0.4, -0.2) is 89.8 Å². The molecule has 0 saturated carbocycles. The van der Waals surface area contributed by atoms with Gasteiger partial charge in [-0.2, -0.15) is 0 Å². The van der Waals surface area contributed by atoms with Crippen LogP contribution in [0.15, 0.2) is 41.3 Å². The minimum absolute atomic E-state index is 0.0322. The smallest absolute Gasteiger partial charge is 0.240 e. The number of ether oxygens (including phenoxy) is 3. The van der Waals surface area contributed by atoms with E-state index < -0.39 is 21.5 Å². The summed E-state index contributed by atoms with van der Waals surface area (Å²) in [6.45, 7) is 6.65. The number of fused-ring (bicyclic) bond motifs is 1. The Morgan fingerprint density at radius 1 is 1.11 bits per heavy atom. The van der Waals surface area contributed by atoms with Gasteiger partial charge in [0.05, 0.1) is 37.4 Å². The lowest BCUT2D eigenvalue weighted by Crippen LogP contribution is -2.37. The molecule has 3 rings (SSSR count). The van der Waals surface area contributed by atoms with Crippen molar-refractivity contribution in [3.05, 3.63) is 67.7 Å². The fourth-order valence-corrected chi connectivity index (χ4v) is 6.99. The number of nitrogens with zero attached hydrogens (tertiary/aromatic N) is 2. The molecule has 1 aliphatic rings. The number of rotatable bonds is 20. The van der Waals surface area contributed by atoms with Crippen LogP contribution in [0.4, 0.5) is 0 Å². The highest BCUT2D eigenvalue weighted by molar-refractivity contribution is 7.89. The number of hydrogen-bond donors (Lipinski definition) is 2. The molecular formula is C32H46Cl2N4O8S. The molecule has 12 nitrogen and oxygen atoms in total. The highest BCUT2D eigenvalue weighted by Gasteiger charge is 2.38. The molecule has 2 N–H and O–H groups in total. The van der Waals surface area contributed by atoms with Crippen molar-refractivity contribution in [1.29, 1.82) is 0 Å². The molecule has 0 saturated heterocycles. The molecule has 1 amide bonds. The van der Waals surface area contributed by atoms with Gasteiger partial charge >= 0.3 is 0 Å². The molecule has 1 aliphatic carbocycles. The van der Waals surface area contributed by atoms with Crippen molar-refractivity contribution in [2.45, 2.75) is 69.5 Å². The maximum absolute atomic E-state index is 12.8. The maximum Gasteiger partial charge on any atom is 0.240 e. The monoisotopic (exact) mass is 716 g/mol. The van der Waals surface area contributed by atoms with E-state index in [1.807, 2.05) is 34.0 Å². The van der Waals surface area contributed by atoms with Gasteiger partial charge in [0.15, 0.2) is 0 Å². The third kappa shape index (κ3) is 11.0. The lowest BCUT2D eigenvalue weighted by molar-refractivity contribution is -0.537. The number of sulfonamides is 1. The van der Waals surface area contributed by atoms with Crippen molar-refractivity contribution in [2.75, 3.05) is 53.6 Å². The second kappa shape index (κ2) is 17.8. The van der Waals surface area contributed by atoms with Crippen LogP contribution in [0.5, 0.6) is 5.75 Å². The molecule has 2 aromatic carbocycles. The van der Waals surface area contributed by atoms with Crippen molar-refractivity contribution in [3.8, 4) is 5.75 Å². The molecule has 0 spiro atoms. The van der Waals surface area contributed by atoms with Gasteiger partial charge in [0.25, 0.3) is 0 Å². The number of hydrogen-bond acceptors (Lipinski definition) is 9. The Hall–Kier alpha value is -2.52.